The summed E-state index contributed by atoms with van der Waals surface area (Å²) in [6.07, 6.45) is 1.76. The molecule has 0 saturated heterocycles. The molecule has 100 valence electrons. The van der Waals surface area contributed by atoms with Crippen LogP contribution in [0.5, 0.6) is 0 Å². The van der Waals surface area contributed by atoms with Gasteiger partial charge in [-0.15, -0.1) is 0 Å². The van der Waals surface area contributed by atoms with E-state index in [9.17, 15) is 0 Å². The Morgan fingerprint density at radius 2 is 1.84 bits per heavy atom. The van der Waals surface area contributed by atoms with Crippen LogP contribution in [0.15, 0.2) is 30.5 Å². The first-order chi connectivity index (χ1) is 8.98. The minimum Gasteiger partial charge on any atom is -0.373 e. The predicted octanol–water partition coefficient (Wildman–Crippen LogP) is 2.79. The summed E-state index contributed by atoms with van der Waals surface area (Å²) in [5.74, 6) is 1.36. The third kappa shape index (κ3) is 3.64. The Labute approximate surface area is 113 Å². The second-order valence-electron chi connectivity index (χ2n) is 5.30. The first-order valence-corrected chi connectivity index (χ1v) is 6.24. The standard InChI is InChI=1S/C14H19N5/c1-14(2,3)19-13-17-11(9-12(15-4)18-13)10-7-5-6-8-16-10/h5-9H,1-4H3,(H2,15,17,18,19). The summed E-state index contributed by atoms with van der Waals surface area (Å²) in [5, 5.41) is 6.32. The van der Waals surface area contributed by atoms with E-state index in [2.05, 4.69) is 46.4 Å². The van der Waals surface area contributed by atoms with Crippen molar-refractivity contribution in [1.82, 2.24) is 15.0 Å². The number of pyridine rings is 1. The van der Waals surface area contributed by atoms with Crippen LogP contribution in [0, 0.1) is 0 Å². The predicted molar refractivity (Wildman–Crippen MR) is 78.2 cm³/mol. The van der Waals surface area contributed by atoms with E-state index in [1.807, 2.05) is 31.3 Å². The molecule has 2 rings (SSSR count). The smallest absolute Gasteiger partial charge is 0.225 e. The van der Waals surface area contributed by atoms with Crippen molar-refractivity contribution in [2.75, 3.05) is 17.7 Å². The molecule has 0 aliphatic rings. The van der Waals surface area contributed by atoms with E-state index in [0.29, 0.717) is 5.95 Å². The average molecular weight is 257 g/mol. The lowest BCUT2D eigenvalue weighted by molar-refractivity contribution is 0.626. The van der Waals surface area contributed by atoms with E-state index in [1.54, 1.807) is 6.20 Å². The summed E-state index contributed by atoms with van der Waals surface area (Å²) in [7, 11) is 1.84. The molecule has 2 aromatic rings. The maximum Gasteiger partial charge on any atom is 0.225 e. The molecule has 0 radical (unpaired) electrons. The van der Waals surface area contributed by atoms with E-state index in [-0.39, 0.29) is 5.54 Å². The zero-order valence-corrected chi connectivity index (χ0v) is 11.7. The van der Waals surface area contributed by atoms with Crippen molar-refractivity contribution < 1.29 is 0 Å². The summed E-state index contributed by atoms with van der Waals surface area (Å²) in [5.41, 5.74) is 1.54. The van der Waals surface area contributed by atoms with Crippen molar-refractivity contribution in [2.45, 2.75) is 26.3 Å². The van der Waals surface area contributed by atoms with Crippen molar-refractivity contribution >= 4 is 11.8 Å². The summed E-state index contributed by atoms with van der Waals surface area (Å²) < 4.78 is 0. The first kappa shape index (κ1) is 13.3. The van der Waals surface area contributed by atoms with Crippen molar-refractivity contribution in [3.8, 4) is 11.4 Å². The van der Waals surface area contributed by atoms with Crippen LogP contribution in [0.25, 0.3) is 11.4 Å². The number of hydrogen-bond donors (Lipinski definition) is 2. The van der Waals surface area contributed by atoms with Crippen LogP contribution < -0.4 is 10.6 Å². The fraction of sp³-hybridized carbons (Fsp3) is 0.357. The molecule has 0 aromatic carbocycles. The Morgan fingerprint density at radius 3 is 2.42 bits per heavy atom. The van der Waals surface area contributed by atoms with Gasteiger partial charge in [-0.25, -0.2) is 4.98 Å². The molecule has 0 fully saturated rings. The highest BCUT2D eigenvalue weighted by Gasteiger charge is 2.13. The Kier molecular flexibility index (Phi) is 3.64. The molecule has 2 heterocycles. The zero-order valence-electron chi connectivity index (χ0n) is 11.7. The van der Waals surface area contributed by atoms with Crippen molar-refractivity contribution in [2.24, 2.45) is 0 Å². The monoisotopic (exact) mass is 257 g/mol. The summed E-state index contributed by atoms with van der Waals surface area (Å²) >= 11 is 0. The Morgan fingerprint density at radius 1 is 1.05 bits per heavy atom. The van der Waals surface area contributed by atoms with Gasteiger partial charge in [-0.1, -0.05) is 6.07 Å². The Balaban J connectivity index is 2.42. The molecule has 0 bridgehead atoms. The van der Waals surface area contributed by atoms with Gasteiger partial charge in [0.15, 0.2) is 0 Å². The van der Waals surface area contributed by atoms with Crippen LogP contribution in [-0.2, 0) is 0 Å². The lowest BCUT2D eigenvalue weighted by atomic mass is 10.1. The summed E-state index contributed by atoms with van der Waals surface area (Å²) in [4.78, 5) is 13.2. The van der Waals surface area contributed by atoms with Crippen molar-refractivity contribution in [3.05, 3.63) is 30.5 Å². The van der Waals surface area contributed by atoms with E-state index < -0.39 is 0 Å². The van der Waals surface area contributed by atoms with E-state index in [1.165, 1.54) is 0 Å². The van der Waals surface area contributed by atoms with Crippen molar-refractivity contribution in [3.63, 3.8) is 0 Å². The van der Waals surface area contributed by atoms with Gasteiger partial charge in [0.2, 0.25) is 5.95 Å². The molecule has 0 unspecified atom stereocenters. The highest BCUT2D eigenvalue weighted by molar-refractivity contribution is 5.60. The summed E-state index contributed by atoms with van der Waals surface area (Å²) in [6, 6.07) is 7.65. The molecule has 0 aliphatic heterocycles. The van der Waals surface area contributed by atoms with Gasteiger partial charge in [0, 0.05) is 24.8 Å². The van der Waals surface area contributed by atoms with Crippen LogP contribution >= 0.6 is 0 Å². The fourth-order valence-corrected chi connectivity index (χ4v) is 1.61. The van der Waals surface area contributed by atoms with Gasteiger partial charge in [0.05, 0.1) is 11.4 Å². The molecule has 0 atom stereocenters. The number of nitrogens with zero attached hydrogens (tertiary/aromatic N) is 3. The average Bonchev–Trinajstić information content (AvgIpc) is 2.37. The van der Waals surface area contributed by atoms with Crippen LogP contribution in [0.3, 0.4) is 0 Å². The third-order valence-corrected chi connectivity index (χ3v) is 2.40. The second-order valence-corrected chi connectivity index (χ2v) is 5.30. The molecule has 5 nitrogen and oxygen atoms in total. The van der Waals surface area contributed by atoms with Crippen LogP contribution in [0.4, 0.5) is 11.8 Å². The lowest BCUT2D eigenvalue weighted by Crippen LogP contribution is -2.27. The van der Waals surface area contributed by atoms with Crippen LogP contribution in [0.2, 0.25) is 0 Å². The minimum absolute atomic E-state index is 0.0895. The SMILES string of the molecule is CNc1cc(-c2ccccn2)nc(NC(C)(C)C)n1. The molecule has 19 heavy (non-hydrogen) atoms. The molecule has 2 N–H and O–H groups in total. The quantitative estimate of drug-likeness (QED) is 0.885. The highest BCUT2D eigenvalue weighted by Crippen LogP contribution is 2.20. The highest BCUT2D eigenvalue weighted by atomic mass is 15.2. The van der Waals surface area contributed by atoms with Gasteiger partial charge >= 0.3 is 0 Å². The van der Waals surface area contributed by atoms with Gasteiger partial charge < -0.3 is 10.6 Å². The number of hydrogen-bond acceptors (Lipinski definition) is 5. The van der Waals surface area contributed by atoms with Gasteiger partial charge in [-0.2, -0.15) is 4.98 Å². The van der Waals surface area contributed by atoms with E-state index >= 15 is 0 Å². The fourth-order valence-electron chi connectivity index (χ4n) is 1.61. The van der Waals surface area contributed by atoms with Gasteiger partial charge in [0.25, 0.3) is 0 Å². The molecule has 0 saturated carbocycles. The van der Waals surface area contributed by atoms with Gasteiger partial charge in [0.1, 0.15) is 5.82 Å². The van der Waals surface area contributed by atoms with E-state index in [0.717, 1.165) is 17.2 Å². The van der Waals surface area contributed by atoms with Crippen LogP contribution in [-0.4, -0.2) is 27.5 Å². The number of anilines is 2. The summed E-state index contributed by atoms with van der Waals surface area (Å²) in [6.45, 7) is 6.22. The lowest BCUT2D eigenvalue weighted by Gasteiger charge is -2.21. The van der Waals surface area contributed by atoms with E-state index in [4.69, 9.17) is 0 Å². The maximum absolute atomic E-state index is 4.51. The Hall–Kier alpha value is -2.17. The molecular formula is C14H19N5. The normalized spacial score (nSPS) is 11.2. The zero-order chi connectivity index (χ0) is 13.9. The van der Waals surface area contributed by atoms with Crippen LogP contribution in [0.1, 0.15) is 20.8 Å². The number of aromatic nitrogens is 3. The Bertz CT molecular complexity index is 546. The third-order valence-electron chi connectivity index (χ3n) is 2.40. The number of rotatable bonds is 3. The topological polar surface area (TPSA) is 62.7 Å². The molecule has 0 amide bonds. The second kappa shape index (κ2) is 5.22. The van der Waals surface area contributed by atoms with Gasteiger partial charge in [-0.05, 0) is 32.9 Å². The largest absolute Gasteiger partial charge is 0.373 e. The maximum atomic E-state index is 4.51. The van der Waals surface area contributed by atoms with Gasteiger partial charge in [-0.3, -0.25) is 4.98 Å². The molecular weight excluding hydrogens is 238 g/mol. The molecule has 2 aromatic heterocycles. The molecule has 0 aliphatic carbocycles. The first-order valence-electron chi connectivity index (χ1n) is 6.24. The molecule has 0 spiro atoms. The number of nitrogens with one attached hydrogen (secondary N) is 2. The minimum atomic E-state index is -0.0895. The van der Waals surface area contributed by atoms with Crippen molar-refractivity contribution in [1.29, 1.82) is 0 Å². The molecule has 5 heteroatoms.